The molecule has 2 amide bonds. The molecule has 1 fully saturated rings. The van der Waals surface area contributed by atoms with Gasteiger partial charge in [-0.15, -0.1) is 23.7 Å². The minimum absolute atomic E-state index is 0. The summed E-state index contributed by atoms with van der Waals surface area (Å²) < 4.78 is 12.5. The van der Waals surface area contributed by atoms with Gasteiger partial charge in [0.25, 0.3) is 11.8 Å². The SMILES string of the molecule is COc1cc(NC(=O)c2ccccc2C)c(Cl)cc1C(=O)N=c1sccn1COC(=O)C1CCNCC1.Cl. The number of anilines is 1. The molecule has 0 unspecified atom stereocenters. The van der Waals surface area contributed by atoms with Gasteiger partial charge in [-0.1, -0.05) is 29.8 Å². The lowest BCUT2D eigenvalue weighted by molar-refractivity contribution is -0.153. The molecule has 1 saturated heterocycles. The molecule has 12 heteroatoms. The average molecular weight is 580 g/mol. The lowest BCUT2D eigenvalue weighted by atomic mass is 9.99. The third-order valence-corrected chi connectivity index (χ3v) is 7.14. The lowest BCUT2D eigenvalue weighted by Gasteiger charge is -2.20. The predicted molar refractivity (Wildman–Crippen MR) is 148 cm³/mol. The van der Waals surface area contributed by atoms with Crippen LogP contribution >= 0.6 is 35.3 Å². The van der Waals surface area contributed by atoms with E-state index in [4.69, 9.17) is 21.1 Å². The maximum absolute atomic E-state index is 13.1. The number of ether oxygens (including phenoxy) is 2. The molecular weight excluding hydrogens is 551 g/mol. The summed E-state index contributed by atoms with van der Waals surface area (Å²) in [5.74, 6) is -1.09. The maximum Gasteiger partial charge on any atom is 0.310 e. The van der Waals surface area contributed by atoms with Gasteiger partial charge in [0, 0.05) is 23.2 Å². The summed E-state index contributed by atoms with van der Waals surface area (Å²) in [4.78, 5) is 42.7. The number of halogens is 2. The van der Waals surface area contributed by atoms with Crippen LogP contribution in [0.1, 0.15) is 39.1 Å². The monoisotopic (exact) mass is 578 g/mol. The van der Waals surface area contributed by atoms with E-state index >= 15 is 0 Å². The van der Waals surface area contributed by atoms with Gasteiger partial charge in [-0.05, 0) is 50.6 Å². The summed E-state index contributed by atoms with van der Waals surface area (Å²) in [7, 11) is 1.42. The maximum atomic E-state index is 13.1. The first-order valence-electron chi connectivity index (χ1n) is 11.7. The van der Waals surface area contributed by atoms with Gasteiger partial charge in [-0.25, -0.2) is 0 Å². The Kier molecular flexibility index (Phi) is 10.5. The summed E-state index contributed by atoms with van der Waals surface area (Å²) in [6.07, 6.45) is 3.18. The van der Waals surface area contributed by atoms with Gasteiger partial charge in [-0.2, -0.15) is 4.99 Å². The Balaban J connectivity index is 0.00000400. The summed E-state index contributed by atoms with van der Waals surface area (Å²) in [6.45, 7) is 3.38. The number of carbonyl (C=O) groups excluding carboxylic acids is 3. The van der Waals surface area contributed by atoms with Crippen LogP contribution < -0.4 is 20.2 Å². The van der Waals surface area contributed by atoms with Crippen LogP contribution in [0, 0.1) is 12.8 Å². The van der Waals surface area contributed by atoms with Crippen LogP contribution in [0.4, 0.5) is 5.69 Å². The normalized spacial score (nSPS) is 13.9. The van der Waals surface area contributed by atoms with Gasteiger partial charge in [0.1, 0.15) is 5.75 Å². The molecule has 0 spiro atoms. The highest BCUT2D eigenvalue weighted by atomic mass is 35.5. The fourth-order valence-corrected chi connectivity index (χ4v) is 4.87. The fourth-order valence-electron chi connectivity index (χ4n) is 3.94. The van der Waals surface area contributed by atoms with Gasteiger partial charge < -0.3 is 20.1 Å². The van der Waals surface area contributed by atoms with Crippen LogP contribution in [0.5, 0.6) is 5.75 Å². The van der Waals surface area contributed by atoms with Crippen molar-refractivity contribution in [1.29, 1.82) is 0 Å². The average Bonchev–Trinajstić information content (AvgIpc) is 3.35. The van der Waals surface area contributed by atoms with Crippen LogP contribution in [0.25, 0.3) is 0 Å². The number of carbonyl (C=O) groups is 3. The number of amides is 2. The van der Waals surface area contributed by atoms with E-state index in [-0.39, 0.29) is 53.3 Å². The fraction of sp³-hybridized carbons (Fsp3) is 0.308. The molecule has 0 saturated carbocycles. The quantitative estimate of drug-likeness (QED) is 0.401. The van der Waals surface area contributed by atoms with Crippen LogP contribution in [-0.2, 0) is 16.3 Å². The number of piperidine rings is 1. The topological polar surface area (TPSA) is 111 Å². The number of rotatable bonds is 7. The summed E-state index contributed by atoms with van der Waals surface area (Å²) in [5.41, 5.74) is 1.77. The number of methoxy groups -OCH3 is 1. The minimum Gasteiger partial charge on any atom is -0.496 e. The second-order valence-electron chi connectivity index (χ2n) is 8.49. The molecule has 1 aliphatic rings. The number of hydrogen-bond donors (Lipinski definition) is 2. The molecule has 0 aliphatic carbocycles. The molecule has 2 aromatic carbocycles. The number of aryl methyl sites for hydroxylation is 1. The molecule has 38 heavy (non-hydrogen) atoms. The van der Waals surface area contributed by atoms with Crippen molar-refractivity contribution in [2.75, 3.05) is 25.5 Å². The smallest absolute Gasteiger partial charge is 0.310 e. The number of esters is 1. The molecule has 1 aromatic heterocycles. The number of hydrogen-bond acceptors (Lipinski definition) is 7. The number of aromatic nitrogens is 1. The molecular formula is C26H28Cl2N4O5S. The molecule has 202 valence electrons. The highest BCUT2D eigenvalue weighted by Gasteiger charge is 2.22. The molecule has 1 aliphatic heterocycles. The summed E-state index contributed by atoms with van der Waals surface area (Å²) >= 11 is 7.65. The number of benzene rings is 2. The van der Waals surface area contributed by atoms with Crippen molar-refractivity contribution in [2.45, 2.75) is 26.5 Å². The Morgan fingerprint density at radius 1 is 1.18 bits per heavy atom. The number of thiazole rings is 1. The van der Waals surface area contributed by atoms with Gasteiger partial charge in [0.15, 0.2) is 11.5 Å². The summed E-state index contributed by atoms with van der Waals surface area (Å²) in [5, 5.41) is 7.90. The standard InChI is InChI=1S/C26H27ClN4O5S.ClH/c1-16-5-3-4-6-18(16)23(32)29-21-14-22(35-2)19(13-20(21)27)24(33)30-26-31(11-12-37-26)15-36-25(34)17-7-9-28-10-8-17;/h3-6,11-14,17,28H,7-10,15H2,1-2H3,(H,29,32);1H. The van der Waals surface area contributed by atoms with Crippen molar-refractivity contribution in [3.8, 4) is 5.75 Å². The largest absolute Gasteiger partial charge is 0.496 e. The molecule has 0 bridgehead atoms. The number of nitrogens with one attached hydrogen (secondary N) is 2. The molecule has 2 N–H and O–H groups in total. The molecule has 9 nitrogen and oxygen atoms in total. The predicted octanol–water partition coefficient (Wildman–Crippen LogP) is 4.44. The van der Waals surface area contributed by atoms with E-state index in [2.05, 4.69) is 15.6 Å². The first-order chi connectivity index (χ1) is 17.9. The van der Waals surface area contributed by atoms with E-state index in [0.717, 1.165) is 31.5 Å². The van der Waals surface area contributed by atoms with Crippen molar-refractivity contribution < 1.29 is 23.9 Å². The van der Waals surface area contributed by atoms with Crippen LogP contribution in [0.15, 0.2) is 53.0 Å². The van der Waals surface area contributed by atoms with Crippen LogP contribution in [0.3, 0.4) is 0 Å². The first-order valence-corrected chi connectivity index (χ1v) is 13.0. The van der Waals surface area contributed by atoms with Crippen molar-refractivity contribution in [1.82, 2.24) is 9.88 Å². The first kappa shape index (κ1) is 29.4. The minimum atomic E-state index is -0.587. The highest BCUT2D eigenvalue weighted by Crippen LogP contribution is 2.32. The van der Waals surface area contributed by atoms with E-state index < -0.39 is 5.91 Å². The summed E-state index contributed by atoms with van der Waals surface area (Å²) in [6, 6.07) is 10.1. The van der Waals surface area contributed by atoms with Gasteiger partial charge in [-0.3, -0.25) is 19.0 Å². The Bertz CT molecular complexity index is 1380. The lowest BCUT2D eigenvalue weighted by Crippen LogP contribution is -2.33. The number of nitrogens with zero attached hydrogens (tertiary/aromatic N) is 2. The highest BCUT2D eigenvalue weighted by molar-refractivity contribution is 7.07. The van der Waals surface area contributed by atoms with Gasteiger partial charge in [0.2, 0.25) is 0 Å². The van der Waals surface area contributed by atoms with E-state index in [1.807, 2.05) is 19.1 Å². The van der Waals surface area contributed by atoms with Crippen LogP contribution in [0.2, 0.25) is 5.02 Å². The zero-order valence-corrected chi connectivity index (χ0v) is 23.3. The van der Waals surface area contributed by atoms with Crippen molar-refractivity contribution >= 4 is 58.8 Å². The van der Waals surface area contributed by atoms with E-state index in [9.17, 15) is 14.4 Å². The molecule has 0 atom stereocenters. The Hall–Kier alpha value is -3.18. The zero-order valence-electron chi connectivity index (χ0n) is 20.9. The third-order valence-electron chi connectivity index (χ3n) is 6.03. The molecule has 2 heterocycles. The van der Waals surface area contributed by atoms with Gasteiger partial charge in [0.05, 0.1) is 29.3 Å². The second kappa shape index (κ2) is 13.6. The van der Waals surface area contributed by atoms with Crippen molar-refractivity contribution in [3.63, 3.8) is 0 Å². The third kappa shape index (κ3) is 7.02. The van der Waals surface area contributed by atoms with Gasteiger partial charge >= 0.3 is 5.97 Å². The van der Waals surface area contributed by atoms with Crippen LogP contribution in [-0.4, -0.2) is 42.6 Å². The Morgan fingerprint density at radius 3 is 2.63 bits per heavy atom. The molecule has 0 radical (unpaired) electrons. The Labute approximate surface area is 235 Å². The van der Waals surface area contributed by atoms with E-state index in [1.165, 1.54) is 30.6 Å². The zero-order chi connectivity index (χ0) is 26.4. The van der Waals surface area contributed by atoms with Crippen molar-refractivity contribution in [3.05, 3.63) is 74.5 Å². The van der Waals surface area contributed by atoms with E-state index in [1.54, 1.807) is 28.3 Å². The van der Waals surface area contributed by atoms with E-state index in [0.29, 0.717) is 16.1 Å². The molecule has 3 aromatic rings. The Morgan fingerprint density at radius 2 is 1.92 bits per heavy atom. The molecule has 4 rings (SSSR count). The second-order valence-corrected chi connectivity index (χ2v) is 9.77. The van der Waals surface area contributed by atoms with Crippen molar-refractivity contribution in [2.24, 2.45) is 10.9 Å².